The average molecular weight is 254 g/mol. The van der Waals surface area contributed by atoms with Crippen LogP contribution in [0, 0.1) is 5.92 Å². The van der Waals surface area contributed by atoms with Crippen LogP contribution in [0.2, 0.25) is 0 Å². The standard InChI is InChI=1S/C13H22N2OS/c1-15(2)12(13-4-3-6-16-13)9-14-8-11-5-7-17-10-11/h3-4,6,11-12,14H,5,7-10H2,1-2H3. The maximum atomic E-state index is 5.49. The lowest BCUT2D eigenvalue weighted by Crippen LogP contribution is -2.33. The second-order valence-electron chi connectivity index (χ2n) is 4.88. The maximum Gasteiger partial charge on any atom is 0.122 e. The smallest absolute Gasteiger partial charge is 0.122 e. The summed E-state index contributed by atoms with van der Waals surface area (Å²) in [6.07, 6.45) is 3.12. The Morgan fingerprint density at radius 1 is 1.59 bits per heavy atom. The third kappa shape index (κ3) is 3.76. The van der Waals surface area contributed by atoms with Crippen molar-refractivity contribution in [1.82, 2.24) is 10.2 Å². The van der Waals surface area contributed by atoms with Crippen molar-refractivity contribution in [3.63, 3.8) is 0 Å². The summed E-state index contributed by atoms with van der Waals surface area (Å²) < 4.78 is 5.49. The predicted octanol–water partition coefficient (Wildman–Crippen LogP) is 2.23. The molecule has 2 heterocycles. The molecular formula is C13H22N2OS. The molecule has 0 amide bonds. The van der Waals surface area contributed by atoms with E-state index in [0.29, 0.717) is 6.04 Å². The molecule has 1 aliphatic rings. The Morgan fingerprint density at radius 3 is 3.06 bits per heavy atom. The molecule has 1 aromatic rings. The van der Waals surface area contributed by atoms with Crippen LogP contribution in [0.5, 0.6) is 0 Å². The van der Waals surface area contributed by atoms with Crippen LogP contribution in [0.1, 0.15) is 18.2 Å². The van der Waals surface area contributed by atoms with Crippen molar-refractivity contribution in [2.45, 2.75) is 12.5 Å². The first kappa shape index (κ1) is 13.0. The fraction of sp³-hybridized carbons (Fsp3) is 0.692. The van der Waals surface area contributed by atoms with E-state index < -0.39 is 0 Å². The summed E-state index contributed by atoms with van der Waals surface area (Å²) in [5, 5.41) is 3.58. The first-order chi connectivity index (χ1) is 8.27. The van der Waals surface area contributed by atoms with Crippen LogP contribution < -0.4 is 5.32 Å². The van der Waals surface area contributed by atoms with Crippen LogP contribution >= 0.6 is 11.8 Å². The van der Waals surface area contributed by atoms with Gasteiger partial charge in [0.25, 0.3) is 0 Å². The van der Waals surface area contributed by atoms with Gasteiger partial charge in [0.15, 0.2) is 0 Å². The molecule has 1 aromatic heterocycles. The Bertz CT molecular complexity index is 307. The van der Waals surface area contributed by atoms with Crippen molar-refractivity contribution in [3.05, 3.63) is 24.2 Å². The van der Waals surface area contributed by atoms with Gasteiger partial charge in [0, 0.05) is 6.54 Å². The maximum absolute atomic E-state index is 5.49. The van der Waals surface area contributed by atoms with Crippen molar-refractivity contribution in [2.24, 2.45) is 5.92 Å². The van der Waals surface area contributed by atoms with Crippen molar-refractivity contribution in [1.29, 1.82) is 0 Å². The van der Waals surface area contributed by atoms with E-state index in [9.17, 15) is 0 Å². The quantitative estimate of drug-likeness (QED) is 0.842. The molecule has 2 unspecified atom stereocenters. The average Bonchev–Trinajstić information content (AvgIpc) is 2.96. The molecule has 1 fully saturated rings. The number of nitrogens with one attached hydrogen (secondary N) is 1. The van der Waals surface area contributed by atoms with Crippen LogP contribution in [0.4, 0.5) is 0 Å². The van der Waals surface area contributed by atoms with Crippen LogP contribution in [0.15, 0.2) is 22.8 Å². The van der Waals surface area contributed by atoms with Gasteiger partial charge in [-0.25, -0.2) is 0 Å². The van der Waals surface area contributed by atoms with Gasteiger partial charge in [-0.05, 0) is 56.6 Å². The van der Waals surface area contributed by atoms with Gasteiger partial charge in [0.1, 0.15) is 5.76 Å². The van der Waals surface area contributed by atoms with E-state index in [4.69, 9.17) is 4.42 Å². The van der Waals surface area contributed by atoms with Crippen molar-refractivity contribution in [2.75, 3.05) is 38.7 Å². The zero-order valence-corrected chi connectivity index (χ0v) is 11.5. The monoisotopic (exact) mass is 254 g/mol. The predicted molar refractivity (Wildman–Crippen MR) is 73.4 cm³/mol. The van der Waals surface area contributed by atoms with Gasteiger partial charge in [-0.15, -0.1) is 0 Å². The molecule has 0 aliphatic carbocycles. The van der Waals surface area contributed by atoms with Gasteiger partial charge in [0.05, 0.1) is 12.3 Å². The van der Waals surface area contributed by atoms with Crippen LogP contribution in [-0.4, -0.2) is 43.6 Å². The molecule has 1 aliphatic heterocycles. The first-order valence-electron chi connectivity index (χ1n) is 6.25. The molecule has 0 aromatic carbocycles. The zero-order chi connectivity index (χ0) is 12.1. The van der Waals surface area contributed by atoms with E-state index in [0.717, 1.165) is 24.8 Å². The highest BCUT2D eigenvalue weighted by molar-refractivity contribution is 7.99. The number of nitrogens with zero attached hydrogens (tertiary/aromatic N) is 1. The topological polar surface area (TPSA) is 28.4 Å². The van der Waals surface area contributed by atoms with Crippen LogP contribution in [0.3, 0.4) is 0 Å². The van der Waals surface area contributed by atoms with Gasteiger partial charge >= 0.3 is 0 Å². The van der Waals surface area contributed by atoms with E-state index in [1.165, 1.54) is 17.9 Å². The minimum Gasteiger partial charge on any atom is -0.468 e. The van der Waals surface area contributed by atoms with Gasteiger partial charge in [-0.3, -0.25) is 4.90 Å². The van der Waals surface area contributed by atoms with Crippen molar-refractivity contribution >= 4 is 11.8 Å². The molecule has 0 bridgehead atoms. The Morgan fingerprint density at radius 2 is 2.47 bits per heavy atom. The molecule has 1 saturated heterocycles. The third-order valence-corrected chi connectivity index (χ3v) is 4.52. The molecule has 2 rings (SSSR count). The number of hydrogen-bond donors (Lipinski definition) is 1. The zero-order valence-electron chi connectivity index (χ0n) is 10.7. The fourth-order valence-corrected chi connectivity index (χ4v) is 3.47. The van der Waals surface area contributed by atoms with E-state index in [1.54, 1.807) is 6.26 Å². The summed E-state index contributed by atoms with van der Waals surface area (Å²) in [7, 11) is 4.20. The molecule has 1 N–H and O–H groups in total. The summed E-state index contributed by atoms with van der Waals surface area (Å²) in [6.45, 7) is 2.10. The molecule has 4 heteroatoms. The largest absolute Gasteiger partial charge is 0.468 e. The van der Waals surface area contributed by atoms with Gasteiger partial charge in [-0.2, -0.15) is 11.8 Å². The van der Waals surface area contributed by atoms with Crippen molar-refractivity contribution < 1.29 is 4.42 Å². The number of furan rings is 1. The molecule has 0 radical (unpaired) electrons. The molecule has 17 heavy (non-hydrogen) atoms. The highest BCUT2D eigenvalue weighted by atomic mass is 32.2. The second-order valence-corrected chi connectivity index (χ2v) is 6.03. The lowest BCUT2D eigenvalue weighted by Gasteiger charge is -2.23. The van der Waals surface area contributed by atoms with Gasteiger partial charge < -0.3 is 9.73 Å². The van der Waals surface area contributed by atoms with E-state index in [2.05, 4.69) is 42.1 Å². The molecule has 0 spiro atoms. The Kier molecular flexibility index (Phi) is 4.95. The fourth-order valence-electron chi connectivity index (χ4n) is 2.19. The van der Waals surface area contributed by atoms with Gasteiger partial charge in [0.2, 0.25) is 0 Å². The number of thioether (sulfide) groups is 1. The minimum absolute atomic E-state index is 0.332. The summed E-state index contributed by atoms with van der Waals surface area (Å²) in [5.41, 5.74) is 0. The normalized spacial score (nSPS) is 22.2. The highest BCUT2D eigenvalue weighted by Crippen LogP contribution is 2.23. The van der Waals surface area contributed by atoms with Gasteiger partial charge in [-0.1, -0.05) is 0 Å². The molecule has 3 nitrogen and oxygen atoms in total. The second kappa shape index (κ2) is 6.47. The van der Waals surface area contributed by atoms with E-state index in [-0.39, 0.29) is 0 Å². The highest BCUT2D eigenvalue weighted by Gasteiger charge is 2.19. The Hall–Kier alpha value is -0.450. The lowest BCUT2D eigenvalue weighted by atomic mass is 10.1. The number of rotatable bonds is 6. The summed E-state index contributed by atoms with van der Waals surface area (Å²) >= 11 is 2.08. The SMILES string of the molecule is CN(C)C(CNCC1CCSC1)c1ccco1. The minimum atomic E-state index is 0.332. The van der Waals surface area contributed by atoms with E-state index in [1.807, 2.05) is 6.07 Å². The number of hydrogen-bond acceptors (Lipinski definition) is 4. The Labute approximate surface area is 108 Å². The summed E-state index contributed by atoms with van der Waals surface area (Å²) in [4.78, 5) is 2.20. The molecule has 96 valence electrons. The Balaban J connectivity index is 1.78. The summed E-state index contributed by atoms with van der Waals surface area (Å²) in [5.74, 6) is 4.56. The van der Waals surface area contributed by atoms with Crippen molar-refractivity contribution in [3.8, 4) is 0 Å². The first-order valence-corrected chi connectivity index (χ1v) is 7.41. The third-order valence-electron chi connectivity index (χ3n) is 3.29. The molecular weight excluding hydrogens is 232 g/mol. The summed E-state index contributed by atoms with van der Waals surface area (Å²) in [6, 6.07) is 4.34. The molecule has 2 atom stereocenters. The lowest BCUT2D eigenvalue weighted by molar-refractivity contribution is 0.248. The van der Waals surface area contributed by atoms with Crippen LogP contribution in [0.25, 0.3) is 0 Å². The molecule has 0 saturated carbocycles. The van der Waals surface area contributed by atoms with Crippen LogP contribution in [-0.2, 0) is 0 Å². The van der Waals surface area contributed by atoms with E-state index >= 15 is 0 Å². The number of likely N-dealkylation sites (N-methyl/N-ethyl adjacent to an activating group) is 1.